The molecule has 102 valence electrons. The molecule has 2 rings (SSSR count). The lowest BCUT2D eigenvalue weighted by molar-refractivity contribution is 0.179. The first-order valence-corrected chi connectivity index (χ1v) is 6.06. The van der Waals surface area contributed by atoms with Crippen LogP contribution in [0.15, 0.2) is 12.1 Å². The molecule has 1 aromatic carbocycles. The van der Waals surface area contributed by atoms with Crippen molar-refractivity contribution < 1.29 is 8.78 Å². The van der Waals surface area contributed by atoms with Gasteiger partial charge in [0.1, 0.15) is 11.6 Å². The number of hydrogen-bond donors (Lipinski definition) is 1. The Labute approximate surface area is 117 Å². The van der Waals surface area contributed by atoms with Crippen LogP contribution in [0, 0.1) is 11.6 Å². The SMILES string of the molecule is C[C@H](c1c(F)cc(Cl)cc1F)N1CCNCC1.Cl. The highest BCUT2D eigenvalue weighted by Crippen LogP contribution is 2.28. The van der Waals surface area contributed by atoms with Gasteiger partial charge in [-0.3, -0.25) is 4.90 Å². The Bertz CT molecular complexity index is 386. The first kappa shape index (κ1) is 15.6. The summed E-state index contributed by atoms with van der Waals surface area (Å²) in [4.78, 5) is 2.06. The Morgan fingerprint density at radius 1 is 1.22 bits per heavy atom. The highest BCUT2D eigenvalue weighted by atomic mass is 35.5. The van der Waals surface area contributed by atoms with Gasteiger partial charge in [0.2, 0.25) is 0 Å². The summed E-state index contributed by atoms with van der Waals surface area (Å²) in [5.74, 6) is -1.14. The zero-order valence-electron chi connectivity index (χ0n) is 10.0. The fourth-order valence-electron chi connectivity index (χ4n) is 2.20. The van der Waals surface area contributed by atoms with E-state index in [0.717, 1.165) is 26.2 Å². The second-order valence-electron chi connectivity index (χ2n) is 4.25. The van der Waals surface area contributed by atoms with E-state index in [1.54, 1.807) is 0 Å². The van der Waals surface area contributed by atoms with Gasteiger partial charge in [-0.25, -0.2) is 8.78 Å². The number of piperazine rings is 1. The third-order valence-electron chi connectivity index (χ3n) is 3.16. The molecule has 1 aliphatic heterocycles. The molecule has 0 radical (unpaired) electrons. The van der Waals surface area contributed by atoms with Crippen molar-refractivity contribution in [1.29, 1.82) is 0 Å². The van der Waals surface area contributed by atoms with Gasteiger partial charge in [-0.15, -0.1) is 12.4 Å². The molecule has 0 spiro atoms. The maximum Gasteiger partial charge on any atom is 0.132 e. The predicted octanol–water partition coefficient (Wildman–Crippen LogP) is 3.01. The summed E-state index contributed by atoms with van der Waals surface area (Å²) in [6.45, 7) is 5.11. The summed E-state index contributed by atoms with van der Waals surface area (Å²) in [7, 11) is 0. The second-order valence-corrected chi connectivity index (χ2v) is 4.68. The molecule has 18 heavy (non-hydrogen) atoms. The lowest BCUT2D eigenvalue weighted by atomic mass is 10.0. The maximum atomic E-state index is 13.7. The summed E-state index contributed by atoms with van der Waals surface area (Å²) in [5, 5.41) is 3.30. The van der Waals surface area contributed by atoms with Crippen molar-refractivity contribution in [2.24, 2.45) is 0 Å². The number of nitrogens with zero attached hydrogens (tertiary/aromatic N) is 1. The first-order valence-electron chi connectivity index (χ1n) is 5.69. The summed E-state index contributed by atoms with van der Waals surface area (Å²) < 4.78 is 27.5. The molecule has 1 heterocycles. The summed E-state index contributed by atoms with van der Waals surface area (Å²) in [5.41, 5.74) is 0.108. The summed E-state index contributed by atoms with van der Waals surface area (Å²) >= 11 is 5.61. The number of nitrogens with one attached hydrogen (secondary N) is 1. The van der Waals surface area contributed by atoms with Crippen molar-refractivity contribution in [3.8, 4) is 0 Å². The molecule has 0 bridgehead atoms. The maximum absolute atomic E-state index is 13.7. The minimum Gasteiger partial charge on any atom is -0.314 e. The van der Waals surface area contributed by atoms with Crippen molar-refractivity contribution >= 4 is 24.0 Å². The Kier molecular flexibility index (Phi) is 5.79. The molecular formula is C12H16Cl2F2N2. The fourth-order valence-corrected chi connectivity index (χ4v) is 2.40. The molecule has 1 N–H and O–H groups in total. The van der Waals surface area contributed by atoms with E-state index < -0.39 is 11.6 Å². The number of rotatable bonds is 2. The number of benzene rings is 1. The average Bonchev–Trinajstić information content (AvgIpc) is 2.28. The molecular weight excluding hydrogens is 281 g/mol. The Balaban J connectivity index is 0.00000162. The lowest BCUT2D eigenvalue weighted by Crippen LogP contribution is -2.44. The van der Waals surface area contributed by atoms with Gasteiger partial charge in [0, 0.05) is 42.8 Å². The van der Waals surface area contributed by atoms with Crippen molar-refractivity contribution in [3.05, 3.63) is 34.4 Å². The summed E-state index contributed by atoms with van der Waals surface area (Å²) in [6, 6.07) is 2.06. The third-order valence-corrected chi connectivity index (χ3v) is 3.38. The minimum absolute atomic E-state index is 0. The van der Waals surface area contributed by atoms with Crippen LogP contribution in [0.3, 0.4) is 0 Å². The zero-order chi connectivity index (χ0) is 12.4. The number of hydrogen-bond acceptors (Lipinski definition) is 2. The molecule has 1 aromatic rings. The number of halogens is 4. The molecule has 0 unspecified atom stereocenters. The molecule has 0 aromatic heterocycles. The largest absolute Gasteiger partial charge is 0.314 e. The van der Waals surface area contributed by atoms with E-state index in [-0.39, 0.29) is 29.0 Å². The van der Waals surface area contributed by atoms with Gasteiger partial charge < -0.3 is 5.32 Å². The van der Waals surface area contributed by atoms with E-state index >= 15 is 0 Å². The van der Waals surface area contributed by atoms with Crippen LogP contribution in [0.2, 0.25) is 5.02 Å². The monoisotopic (exact) mass is 296 g/mol. The molecule has 1 aliphatic rings. The van der Waals surface area contributed by atoms with E-state index in [4.69, 9.17) is 11.6 Å². The van der Waals surface area contributed by atoms with Gasteiger partial charge in [0.15, 0.2) is 0 Å². The molecule has 2 nitrogen and oxygen atoms in total. The van der Waals surface area contributed by atoms with Gasteiger partial charge in [-0.05, 0) is 19.1 Å². The Morgan fingerprint density at radius 3 is 2.22 bits per heavy atom. The normalized spacial score (nSPS) is 18.2. The van der Waals surface area contributed by atoms with Crippen molar-refractivity contribution in [3.63, 3.8) is 0 Å². The van der Waals surface area contributed by atoms with Crippen LogP contribution in [-0.4, -0.2) is 31.1 Å². The molecule has 1 saturated heterocycles. The van der Waals surface area contributed by atoms with E-state index in [2.05, 4.69) is 10.2 Å². The van der Waals surface area contributed by atoms with Crippen LogP contribution in [0.1, 0.15) is 18.5 Å². The quantitative estimate of drug-likeness (QED) is 0.902. The van der Waals surface area contributed by atoms with Crippen molar-refractivity contribution in [1.82, 2.24) is 10.2 Å². The lowest BCUT2D eigenvalue weighted by Gasteiger charge is -2.33. The van der Waals surface area contributed by atoms with Crippen molar-refractivity contribution in [2.45, 2.75) is 13.0 Å². The van der Waals surface area contributed by atoms with Crippen LogP contribution in [0.4, 0.5) is 8.78 Å². The molecule has 0 saturated carbocycles. The van der Waals surface area contributed by atoms with Crippen LogP contribution in [-0.2, 0) is 0 Å². The molecule has 0 aliphatic carbocycles. The highest BCUT2D eigenvalue weighted by molar-refractivity contribution is 6.30. The van der Waals surface area contributed by atoms with Crippen LogP contribution >= 0.6 is 24.0 Å². The van der Waals surface area contributed by atoms with Gasteiger partial charge in [0.05, 0.1) is 0 Å². The van der Waals surface area contributed by atoms with E-state index in [1.165, 1.54) is 12.1 Å². The minimum atomic E-state index is -0.568. The Hall–Kier alpha value is -0.420. The standard InChI is InChI=1S/C12H15ClF2N2.ClH/c1-8(17-4-2-16-3-5-17)12-10(14)6-9(13)7-11(12)15;/h6-8,16H,2-5H2,1H3;1H/t8-;/m1./s1. The van der Waals surface area contributed by atoms with E-state index in [9.17, 15) is 8.78 Å². The predicted molar refractivity (Wildman–Crippen MR) is 71.5 cm³/mol. The molecule has 1 atom stereocenters. The first-order chi connectivity index (χ1) is 8.09. The molecule has 1 fully saturated rings. The van der Waals surface area contributed by atoms with Gasteiger partial charge in [-0.1, -0.05) is 11.6 Å². The zero-order valence-corrected chi connectivity index (χ0v) is 11.6. The fraction of sp³-hybridized carbons (Fsp3) is 0.500. The van der Waals surface area contributed by atoms with Gasteiger partial charge >= 0.3 is 0 Å². The summed E-state index contributed by atoms with van der Waals surface area (Å²) in [6.07, 6.45) is 0. The molecule has 0 amide bonds. The smallest absolute Gasteiger partial charge is 0.132 e. The van der Waals surface area contributed by atoms with E-state index in [0.29, 0.717) is 0 Å². The van der Waals surface area contributed by atoms with Crippen molar-refractivity contribution in [2.75, 3.05) is 26.2 Å². The topological polar surface area (TPSA) is 15.3 Å². The second kappa shape index (κ2) is 6.66. The van der Waals surface area contributed by atoms with E-state index in [1.807, 2.05) is 6.92 Å². The third kappa shape index (κ3) is 3.32. The van der Waals surface area contributed by atoms with Crippen LogP contribution in [0.25, 0.3) is 0 Å². The molecule has 6 heteroatoms. The Morgan fingerprint density at radius 2 is 1.72 bits per heavy atom. The highest BCUT2D eigenvalue weighted by Gasteiger charge is 2.24. The van der Waals surface area contributed by atoms with Crippen LogP contribution in [0.5, 0.6) is 0 Å². The van der Waals surface area contributed by atoms with Gasteiger partial charge in [-0.2, -0.15) is 0 Å². The average molecular weight is 297 g/mol. The van der Waals surface area contributed by atoms with Gasteiger partial charge in [0.25, 0.3) is 0 Å². The van der Waals surface area contributed by atoms with Crippen LogP contribution < -0.4 is 5.32 Å².